The van der Waals surface area contributed by atoms with Crippen molar-refractivity contribution in [2.45, 2.75) is 51.7 Å². The normalized spacial score (nSPS) is 22.5. The number of hydrogen-bond acceptors (Lipinski definition) is 4. The molecule has 1 saturated carbocycles. The van der Waals surface area contributed by atoms with Gasteiger partial charge in [0.15, 0.2) is 5.76 Å². The SMILES string of the molecule is CC1CCN(Cc2cc(CNC3CC3)no2)CC1. The van der Waals surface area contributed by atoms with Crippen LogP contribution in [0.4, 0.5) is 0 Å². The van der Waals surface area contributed by atoms with Gasteiger partial charge in [-0.2, -0.15) is 0 Å². The first kappa shape index (κ1) is 12.2. The van der Waals surface area contributed by atoms with Gasteiger partial charge in [0.05, 0.1) is 12.2 Å². The third-order valence-electron chi connectivity index (χ3n) is 4.01. The zero-order valence-electron chi connectivity index (χ0n) is 11.2. The molecule has 1 aliphatic heterocycles. The molecule has 1 saturated heterocycles. The topological polar surface area (TPSA) is 41.3 Å². The molecular formula is C14H23N3O. The lowest BCUT2D eigenvalue weighted by molar-refractivity contribution is 0.168. The number of hydrogen-bond donors (Lipinski definition) is 1. The number of piperidine rings is 1. The number of aromatic nitrogens is 1. The van der Waals surface area contributed by atoms with E-state index in [1.165, 1.54) is 38.8 Å². The van der Waals surface area contributed by atoms with Crippen LogP contribution in [0.15, 0.2) is 10.6 Å². The summed E-state index contributed by atoms with van der Waals surface area (Å²) in [5.74, 6) is 1.89. The lowest BCUT2D eigenvalue weighted by atomic mass is 9.99. The Morgan fingerprint density at radius 1 is 1.33 bits per heavy atom. The largest absolute Gasteiger partial charge is 0.360 e. The van der Waals surface area contributed by atoms with Crippen molar-refractivity contribution in [1.29, 1.82) is 0 Å². The maximum absolute atomic E-state index is 5.42. The highest BCUT2D eigenvalue weighted by molar-refractivity contribution is 5.06. The van der Waals surface area contributed by atoms with Gasteiger partial charge in [0.1, 0.15) is 0 Å². The lowest BCUT2D eigenvalue weighted by Gasteiger charge is -2.29. The van der Waals surface area contributed by atoms with Crippen LogP contribution in [0.3, 0.4) is 0 Å². The monoisotopic (exact) mass is 249 g/mol. The summed E-state index contributed by atoms with van der Waals surface area (Å²) in [5, 5.41) is 7.59. The van der Waals surface area contributed by atoms with Gasteiger partial charge in [0.25, 0.3) is 0 Å². The molecule has 1 N–H and O–H groups in total. The first-order chi connectivity index (χ1) is 8.79. The van der Waals surface area contributed by atoms with Crippen molar-refractivity contribution >= 4 is 0 Å². The van der Waals surface area contributed by atoms with Crippen molar-refractivity contribution < 1.29 is 4.52 Å². The average Bonchev–Trinajstić information content (AvgIpc) is 3.10. The second kappa shape index (κ2) is 5.41. The van der Waals surface area contributed by atoms with E-state index in [0.29, 0.717) is 0 Å². The van der Waals surface area contributed by atoms with Gasteiger partial charge in [0, 0.05) is 18.7 Å². The van der Waals surface area contributed by atoms with E-state index < -0.39 is 0 Å². The predicted octanol–water partition coefficient (Wildman–Crippen LogP) is 2.16. The lowest BCUT2D eigenvalue weighted by Crippen LogP contribution is -2.32. The zero-order valence-corrected chi connectivity index (χ0v) is 11.2. The Bertz CT molecular complexity index is 378. The van der Waals surface area contributed by atoms with Gasteiger partial charge in [-0.25, -0.2) is 0 Å². The molecule has 0 aromatic carbocycles. The van der Waals surface area contributed by atoms with Crippen molar-refractivity contribution in [2.75, 3.05) is 13.1 Å². The van der Waals surface area contributed by atoms with E-state index >= 15 is 0 Å². The van der Waals surface area contributed by atoms with Crippen molar-refractivity contribution in [3.05, 3.63) is 17.5 Å². The maximum atomic E-state index is 5.42. The van der Waals surface area contributed by atoms with E-state index in [1.54, 1.807) is 0 Å². The summed E-state index contributed by atoms with van der Waals surface area (Å²) in [5.41, 5.74) is 1.04. The quantitative estimate of drug-likeness (QED) is 0.868. The van der Waals surface area contributed by atoms with Crippen LogP contribution in [-0.4, -0.2) is 29.2 Å². The maximum Gasteiger partial charge on any atom is 0.151 e. The summed E-state index contributed by atoms with van der Waals surface area (Å²) >= 11 is 0. The van der Waals surface area contributed by atoms with Crippen molar-refractivity contribution in [3.63, 3.8) is 0 Å². The van der Waals surface area contributed by atoms with E-state index in [9.17, 15) is 0 Å². The molecule has 100 valence electrons. The molecule has 1 aromatic rings. The van der Waals surface area contributed by atoms with Crippen LogP contribution >= 0.6 is 0 Å². The molecular weight excluding hydrogens is 226 g/mol. The molecule has 1 aliphatic carbocycles. The molecule has 4 nitrogen and oxygen atoms in total. The van der Waals surface area contributed by atoms with Crippen LogP contribution in [0.2, 0.25) is 0 Å². The first-order valence-corrected chi connectivity index (χ1v) is 7.20. The molecule has 0 bridgehead atoms. The van der Waals surface area contributed by atoms with E-state index in [2.05, 4.69) is 28.4 Å². The second-order valence-electron chi connectivity index (χ2n) is 5.90. The highest BCUT2D eigenvalue weighted by atomic mass is 16.5. The van der Waals surface area contributed by atoms with Gasteiger partial charge in [0.2, 0.25) is 0 Å². The molecule has 18 heavy (non-hydrogen) atoms. The van der Waals surface area contributed by atoms with Gasteiger partial charge in [-0.3, -0.25) is 4.90 Å². The molecule has 2 fully saturated rings. The van der Waals surface area contributed by atoms with Gasteiger partial charge in [-0.05, 0) is 44.7 Å². The van der Waals surface area contributed by atoms with Crippen LogP contribution in [-0.2, 0) is 13.1 Å². The Morgan fingerprint density at radius 3 is 2.83 bits per heavy atom. The summed E-state index contributed by atoms with van der Waals surface area (Å²) in [4.78, 5) is 2.47. The van der Waals surface area contributed by atoms with E-state index in [0.717, 1.165) is 36.5 Å². The minimum Gasteiger partial charge on any atom is -0.360 e. The van der Waals surface area contributed by atoms with Crippen LogP contribution < -0.4 is 5.32 Å². The van der Waals surface area contributed by atoms with Gasteiger partial charge in [-0.15, -0.1) is 0 Å². The summed E-state index contributed by atoms with van der Waals surface area (Å²) in [6, 6.07) is 2.83. The Kier molecular flexibility index (Phi) is 3.66. The smallest absolute Gasteiger partial charge is 0.151 e. The Hall–Kier alpha value is -0.870. The first-order valence-electron chi connectivity index (χ1n) is 7.20. The molecule has 0 spiro atoms. The van der Waals surface area contributed by atoms with Gasteiger partial charge in [-0.1, -0.05) is 12.1 Å². The average molecular weight is 249 g/mol. The summed E-state index contributed by atoms with van der Waals surface area (Å²) in [6.07, 6.45) is 5.25. The molecule has 2 aliphatic rings. The predicted molar refractivity (Wildman–Crippen MR) is 70.0 cm³/mol. The second-order valence-corrected chi connectivity index (χ2v) is 5.90. The summed E-state index contributed by atoms with van der Waals surface area (Å²) < 4.78 is 5.42. The molecule has 1 aromatic heterocycles. The van der Waals surface area contributed by atoms with Crippen molar-refractivity contribution in [3.8, 4) is 0 Å². The van der Waals surface area contributed by atoms with Crippen LogP contribution in [0, 0.1) is 5.92 Å². The number of likely N-dealkylation sites (tertiary alicyclic amines) is 1. The summed E-state index contributed by atoms with van der Waals surface area (Å²) in [7, 11) is 0. The fourth-order valence-electron chi connectivity index (χ4n) is 2.49. The fourth-order valence-corrected chi connectivity index (χ4v) is 2.49. The van der Waals surface area contributed by atoms with Crippen LogP contribution in [0.5, 0.6) is 0 Å². The highest BCUT2D eigenvalue weighted by Gasteiger charge is 2.21. The van der Waals surface area contributed by atoms with Crippen LogP contribution in [0.25, 0.3) is 0 Å². The van der Waals surface area contributed by atoms with Crippen molar-refractivity contribution in [1.82, 2.24) is 15.4 Å². The van der Waals surface area contributed by atoms with Gasteiger partial charge >= 0.3 is 0 Å². The number of nitrogens with zero attached hydrogens (tertiary/aromatic N) is 2. The Labute approximate surface area is 109 Å². The van der Waals surface area contributed by atoms with Crippen LogP contribution in [0.1, 0.15) is 44.1 Å². The summed E-state index contributed by atoms with van der Waals surface area (Å²) in [6.45, 7) is 6.50. The third-order valence-corrected chi connectivity index (χ3v) is 4.01. The van der Waals surface area contributed by atoms with Gasteiger partial charge < -0.3 is 9.84 Å². The van der Waals surface area contributed by atoms with E-state index in [1.807, 2.05) is 0 Å². The minimum absolute atomic E-state index is 0.730. The zero-order chi connectivity index (χ0) is 12.4. The molecule has 2 heterocycles. The Balaban J connectivity index is 1.46. The number of nitrogens with one attached hydrogen (secondary N) is 1. The molecule has 0 unspecified atom stereocenters. The third kappa shape index (κ3) is 3.33. The fraction of sp³-hybridized carbons (Fsp3) is 0.786. The van der Waals surface area contributed by atoms with E-state index in [-0.39, 0.29) is 0 Å². The standard InChI is InChI=1S/C14H23N3O/c1-11-4-6-17(7-5-11)10-14-8-13(16-18-14)9-15-12-2-3-12/h8,11-12,15H,2-7,9-10H2,1H3. The molecule has 0 amide bonds. The Morgan fingerprint density at radius 2 is 2.11 bits per heavy atom. The molecule has 0 atom stereocenters. The number of rotatable bonds is 5. The molecule has 0 radical (unpaired) electrons. The molecule has 3 rings (SSSR count). The minimum atomic E-state index is 0.730. The van der Waals surface area contributed by atoms with E-state index in [4.69, 9.17) is 4.52 Å². The molecule has 4 heteroatoms. The van der Waals surface area contributed by atoms with Crippen molar-refractivity contribution in [2.24, 2.45) is 5.92 Å². The highest BCUT2D eigenvalue weighted by Crippen LogP contribution is 2.20.